The van der Waals surface area contributed by atoms with E-state index in [0.29, 0.717) is 0 Å². The van der Waals surface area contributed by atoms with Crippen molar-refractivity contribution >= 4 is 11.9 Å². The standard InChI is InChI=1S/C13H16N2O3/c1-15(6-4-12(16)17)13(18)11-7-10(11)9-3-2-5-14-8-9/h2-3,5,8,10-11H,4,6-7H2,1H3,(H,16,17)/t10-,11+/m0/s1. The third kappa shape index (κ3) is 2.85. The predicted molar refractivity (Wildman–Crippen MR) is 65.0 cm³/mol. The van der Waals surface area contributed by atoms with Crippen molar-refractivity contribution in [2.75, 3.05) is 13.6 Å². The van der Waals surface area contributed by atoms with Crippen molar-refractivity contribution in [3.05, 3.63) is 30.1 Å². The zero-order valence-corrected chi connectivity index (χ0v) is 10.2. The minimum Gasteiger partial charge on any atom is -0.481 e. The van der Waals surface area contributed by atoms with E-state index in [1.807, 2.05) is 12.1 Å². The number of aromatic nitrogens is 1. The highest BCUT2D eigenvalue weighted by molar-refractivity contribution is 5.83. The van der Waals surface area contributed by atoms with Gasteiger partial charge < -0.3 is 10.0 Å². The largest absolute Gasteiger partial charge is 0.481 e. The van der Waals surface area contributed by atoms with E-state index in [-0.39, 0.29) is 30.7 Å². The molecular formula is C13H16N2O3. The maximum atomic E-state index is 12.0. The first-order valence-electron chi connectivity index (χ1n) is 5.96. The van der Waals surface area contributed by atoms with Gasteiger partial charge in [-0.2, -0.15) is 0 Å². The number of pyridine rings is 1. The van der Waals surface area contributed by atoms with Crippen LogP contribution < -0.4 is 0 Å². The van der Waals surface area contributed by atoms with Gasteiger partial charge in [0.2, 0.25) is 5.91 Å². The third-order valence-corrected chi connectivity index (χ3v) is 3.26. The van der Waals surface area contributed by atoms with E-state index in [0.717, 1.165) is 12.0 Å². The maximum Gasteiger partial charge on any atom is 0.305 e. The first-order chi connectivity index (χ1) is 8.59. The van der Waals surface area contributed by atoms with Gasteiger partial charge in [-0.05, 0) is 24.0 Å². The Kier molecular flexibility index (Phi) is 3.60. The summed E-state index contributed by atoms with van der Waals surface area (Å²) in [6.45, 7) is 0.268. The van der Waals surface area contributed by atoms with Crippen molar-refractivity contribution in [1.29, 1.82) is 0 Å². The summed E-state index contributed by atoms with van der Waals surface area (Å²) in [6.07, 6.45) is 4.32. The zero-order valence-electron chi connectivity index (χ0n) is 10.2. The number of carboxylic acid groups (broad SMARTS) is 1. The smallest absolute Gasteiger partial charge is 0.305 e. The molecule has 5 heteroatoms. The van der Waals surface area contributed by atoms with Gasteiger partial charge >= 0.3 is 5.97 Å². The molecule has 0 aliphatic heterocycles. The fourth-order valence-electron chi connectivity index (χ4n) is 2.09. The number of amides is 1. The molecule has 1 N–H and O–H groups in total. The molecule has 0 spiro atoms. The molecule has 0 bridgehead atoms. The summed E-state index contributed by atoms with van der Waals surface area (Å²) in [5, 5.41) is 8.58. The van der Waals surface area contributed by atoms with E-state index in [4.69, 9.17) is 5.11 Å². The molecule has 0 saturated heterocycles. The Morgan fingerprint density at radius 2 is 2.33 bits per heavy atom. The molecule has 0 radical (unpaired) electrons. The molecule has 0 aromatic carbocycles. The zero-order chi connectivity index (χ0) is 13.1. The molecule has 96 valence electrons. The molecule has 1 fully saturated rings. The van der Waals surface area contributed by atoms with Gasteiger partial charge in [0.1, 0.15) is 0 Å². The van der Waals surface area contributed by atoms with Crippen LogP contribution >= 0.6 is 0 Å². The summed E-state index contributed by atoms with van der Waals surface area (Å²) in [4.78, 5) is 28.0. The van der Waals surface area contributed by atoms with Crippen molar-refractivity contribution in [2.45, 2.75) is 18.8 Å². The quantitative estimate of drug-likeness (QED) is 0.847. The Bertz CT molecular complexity index is 447. The number of aliphatic carboxylic acids is 1. The predicted octanol–water partition coefficient (Wildman–Crippen LogP) is 1.12. The van der Waals surface area contributed by atoms with Crippen molar-refractivity contribution < 1.29 is 14.7 Å². The van der Waals surface area contributed by atoms with Crippen LogP contribution in [0.5, 0.6) is 0 Å². The lowest BCUT2D eigenvalue weighted by Gasteiger charge is -2.15. The van der Waals surface area contributed by atoms with Crippen LogP contribution in [0.15, 0.2) is 24.5 Å². The summed E-state index contributed by atoms with van der Waals surface area (Å²) >= 11 is 0. The van der Waals surface area contributed by atoms with Gasteiger partial charge in [-0.15, -0.1) is 0 Å². The molecule has 1 saturated carbocycles. The average molecular weight is 248 g/mol. The number of hydrogen-bond acceptors (Lipinski definition) is 3. The van der Waals surface area contributed by atoms with Crippen LogP contribution in [0.25, 0.3) is 0 Å². The van der Waals surface area contributed by atoms with E-state index in [9.17, 15) is 9.59 Å². The summed E-state index contributed by atoms with van der Waals surface area (Å²) in [5.74, 6) is -0.606. The first-order valence-corrected chi connectivity index (χ1v) is 5.96. The Morgan fingerprint density at radius 3 is 2.94 bits per heavy atom. The minimum absolute atomic E-state index is 0.00649. The summed E-state index contributed by atoms with van der Waals surface area (Å²) in [7, 11) is 1.66. The van der Waals surface area contributed by atoms with Gasteiger partial charge in [-0.25, -0.2) is 0 Å². The Labute approximate surface area is 105 Å². The number of carbonyl (C=O) groups is 2. The summed E-state index contributed by atoms with van der Waals surface area (Å²) in [6, 6.07) is 3.84. The highest BCUT2D eigenvalue weighted by Gasteiger charge is 2.45. The first kappa shape index (κ1) is 12.5. The molecule has 2 rings (SSSR count). The van der Waals surface area contributed by atoms with Crippen molar-refractivity contribution in [2.24, 2.45) is 5.92 Å². The van der Waals surface area contributed by atoms with Crippen LogP contribution in [-0.4, -0.2) is 40.5 Å². The fraction of sp³-hybridized carbons (Fsp3) is 0.462. The summed E-state index contributed by atoms with van der Waals surface area (Å²) < 4.78 is 0. The van der Waals surface area contributed by atoms with Gasteiger partial charge in [-0.3, -0.25) is 14.6 Å². The topological polar surface area (TPSA) is 70.5 Å². The molecule has 0 unspecified atom stereocenters. The Morgan fingerprint density at radius 1 is 1.56 bits per heavy atom. The van der Waals surface area contributed by atoms with Gasteiger partial charge in [0.15, 0.2) is 0 Å². The second-order valence-electron chi connectivity index (χ2n) is 4.64. The lowest BCUT2D eigenvalue weighted by atomic mass is 10.1. The number of carboxylic acids is 1. The van der Waals surface area contributed by atoms with Crippen LogP contribution in [0.2, 0.25) is 0 Å². The monoisotopic (exact) mass is 248 g/mol. The number of hydrogen-bond donors (Lipinski definition) is 1. The lowest BCUT2D eigenvalue weighted by Crippen LogP contribution is -2.30. The van der Waals surface area contributed by atoms with Crippen LogP contribution in [0.4, 0.5) is 0 Å². The molecule has 18 heavy (non-hydrogen) atoms. The van der Waals surface area contributed by atoms with Crippen LogP contribution in [0, 0.1) is 5.92 Å². The molecule has 1 amide bonds. The van der Waals surface area contributed by atoms with Gasteiger partial charge in [0.25, 0.3) is 0 Å². The van der Waals surface area contributed by atoms with E-state index < -0.39 is 5.97 Å². The van der Waals surface area contributed by atoms with Gasteiger partial charge in [0, 0.05) is 31.9 Å². The van der Waals surface area contributed by atoms with Crippen LogP contribution in [0.1, 0.15) is 24.3 Å². The minimum atomic E-state index is -0.880. The van der Waals surface area contributed by atoms with E-state index in [2.05, 4.69) is 4.98 Å². The molecule has 5 nitrogen and oxygen atoms in total. The summed E-state index contributed by atoms with van der Waals surface area (Å²) in [5.41, 5.74) is 1.09. The van der Waals surface area contributed by atoms with Crippen molar-refractivity contribution in [3.63, 3.8) is 0 Å². The maximum absolute atomic E-state index is 12.0. The van der Waals surface area contributed by atoms with Crippen LogP contribution in [0.3, 0.4) is 0 Å². The Hall–Kier alpha value is -1.91. The fourth-order valence-corrected chi connectivity index (χ4v) is 2.09. The molecule has 1 aliphatic carbocycles. The molecule has 1 aromatic rings. The third-order valence-electron chi connectivity index (χ3n) is 3.26. The SMILES string of the molecule is CN(CCC(=O)O)C(=O)[C@@H]1C[C@H]1c1cccnc1. The second-order valence-corrected chi connectivity index (χ2v) is 4.64. The Balaban J connectivity index is 1.87. The molecular weight excluding hydrogens is 232 g/mol. The lowest BCUT2D eigenvalue weighted by molar-refractivity contribution is -0.138. The number of carbonyl (C=O) groups excluding carboxylic acids is 1. The number of nitrogens with zero attached hydrogens (tertiary/aromatic N) is 2. The van der Waals surface area contributed by atoms with Gasteiger partial charge in [-0.1, -0.05) is 6.07 Å². The molecule has 2 atom stereocenters. The van der Waals surface area contributed by atoms with Crippen molar-refractivity contribution in [1.82, 2.24) is 9.88 Å². The molecule has 1 aliphatic rings. The van der Waals surface area contributed by atoms with E-state index in [1.165, 1.54) is 4.90 Å². The number of rotatable bonds is 5. The van der Waals surface area contributed by atoms with E-state index in [1.54, 1.807) is 19.4 Å². The van der Waals surface area contributed by atoms with Crippen molar-refractivity contribution in [3.8, 4) is 0 Å². The average Bonchev–Trinajstić information content (AvgIpc) is 3.16. The molecule has 1 aromatic heterocycles. The van der Waals surface area contributed by atoms with Gasteiger partial charge in [0.05, 0.1) is 6.42 Å². The highest BCUT2D eigenvalue weighted by atomic mass is 16.4. The molecule has 1 heterocycles. The van der Waals surface area contributed by atoms with E-state index >= 15 is 0 Å². The van der Waals surface area contributed by atoms with Crippen LogP contribution in [-0.2, 0) is 9.59 Å². The normalized spacial score (nSPS) is 21.4. The highest BCUT2D eigenvalue weighted by Crippen LogP contribution is 2.48. The second kappa shape index (κ2) is 5.16.